The van der Waals surface area contributed by atoms with Gasteiger partial charge in [-0.15, -0.1) is 0 Å². The van der Waals surface area contributed by atoms with Crippen LogP contribution in [-0.4, -0.2) is 32.7 Å². The minimum Gasteiger partial charge on any atom is -0.493 e. The Hall–Kier alpha value is -2.60. The minimum absolute atomic E-state index is 0.161. The first-order valence-electron chi connectivity index (χ1n) is 8.63. The second-order valence-corrected chi connectivity index (χ2v) is 6.16. The maximum Gasteiger partial charge on any atom is 0.282 e. The quantitative estimate of drug-likeness (QED) is 0.758. The molecule has 0 saturated heterocycles. The fourth-order valence-electron chi connectivity index (χ4n) is 2.61. The minimum atomic E-state index is -0.377. The van der Waals surface area contributed by atoms with Crippen LogP contribution in [-0.2, 0) is 11.3 Å². The van der Waals surface area contributed by atoms with Gasteiger partial charge in [-0.05, 0) is 50.2 Å². The number of benzene rings is 2. The third-order valence-electron chi connectivity index (χ3n) is 4.24. The van der Waals surface area contributed by atoms with Crippen LogP contribution in [0.25, 0.3) is 0 Å². The van der Waals surface area contributed by atoms with Crippen LogP contribution in [0.1, 0.15) is 19.4 Å². The van der Waals surface area contributed by atoms with Crippen LogP contribution >= 0.6 is 0 Å². The standard InChI is InChI=1S/C20H25FN2O3/c1-5-26-18-10-9-15(11-19(18)25-4)13-23(3)14(2)20(24)22-17-8-6-7-16(21)12-17/h6-12,14H,5,13H2,1-4H3,(H,22,24)/p+1/t14-/m1/s1. The molecular weight excluding hydrogens is 335 g/mol. The van der Waals surface area contributed by atoms with Crippen molar-refractivity contribution in [3.05, 3.63) is 53.8 Å². The molecule has 0 bridgehead atoms. The zero-order chi connectivity index (χ0) is 19.1. The highest BCUT2D eigenvalue weighted by atomic mass is 19.1. The van der Waals surface area contributed by atoms with E-state index in [-0.39, 0.29) is 17.8 Å². The number of likely N-dealkylation sites (N-methyl/N-ethyl adjacent to an activating group) is 1. The largest absolute Gasteiger partial charge is 0.493 e. The molecule has 2 aromatic rings. The first-order chi connectivity index (χ1) is 12.4. The van der Waals surface area contributed by atoms with E-state index in [0.29, 0.717) is 30.3 Å². The Bertz CT molecular complexity index is 752. The molecule has 0 spiro atoms. The molecule has 1 unspecified atom stereocenters. The number of anilines is 1. The smallest absolute Gasteiger partial charge is 0.282 e. The van der Waals surface area contributed by atoms with Gasteiger partial charge in [0.15, 0.2) is 17.5 Å². The predicted octanol–water partition coefficient (Wildman–Crippen LogP) is 2.27. The average molecular weight is 361 g/mol. The van der Waals surface area contributed by atoms with Gasteiger partial charge in [-0.1, -0.05) is 6.07 Å². The highest BCUT2D eigenvalue weighted by molar-refractivity contribution is 5.93. The van der Waals surface area contributed by atoms with Gasteiger partial charge in [-0.2, -0.15) is 0 Å². The summed E-state index contributed by atoms with van der Waals surface area (Å²) in [5.41, 5.74) is 1.49. The Morgan fingerprint density at radius 2 is 2.00 bits per heavy atom. The van der Waals surface area contributed by atoms with Crippen molar-refractivity contribution in [2.75, 3.05) is 26.1 Å². The number of nitrogens with one attached hydrogen (secondary N) is 2. The van der Waals surface area contributed by atoms with E-state index < -0.39 is 0 Å². The van der Waals surface area contributed by atoms with Crippen LogP contribution < -0.4 is 19.7 Å². The number of rotatable bonds is 8. The Balaban J connectivity index is 2.01. The molecule has 0 heterocycles. The van der Waals surface area contributed by atoms with Gasteiger partial charge in [-0.25, -0.2) is 4.39 Å². The van der Waals surface area contributed by atoms with Crippen LogP contribution in [0.4, 0.5) is 10.1 Å². The van der Waals surface area contributed by atoms with Gasteiger partial charge < -0.3 is 19.7 Å². The lowest BCUT2D eigenvalue weighted by Crippen LogP contribution is -3.12. The van der Waals surface area contributed by atoms with E-state index in [1.807, 2.05) is 39.1 Å². The zero-order valence-corrected chi connectivity index (χ0v) is 15.6. The maximum absolute atomic E-state index is 13.2. The molecule has 2 atom stereocenters. The molecule has 1 amide bonds. The third-order valence-corrected chi connectivity index (χ3v) is 4.24. The lowest BCUT2D eigenvalue weighted by atomic mass is 10.1. The predicted molar refractivity (Wildman–Crippen MR) is 99.2 cm³/mol. The fourth-order valence-corrected chi connectivity index (χ4v) is 2.61. The highest BCUT2D eigenvalue weighted by Crippen LogP contribution is 2.27. The zero-order valence-electron chi connectivity index (χ0n) is 15.6. The van der Waals surface area contributed by atoms with Crippen LogP contribution in [0, 0.1) is 5.82 Å². The van der Waals surface area contributed by atoms with Crippen molar-refractivity contribution in [2.45, 2.75) is 26.4 Å². The third kappa shape index (κ3) is 5.20. The summed E-state index contributed by atoms with van der Waals surface area (Å²) in [5, 5.41) is 2.75. The monoisotopic (exact) mass is 361 g/mol. The van der Waals surface area contributed by atoms with Gasteiger partial charge in [0.05, 0.1) is 20.8 Å². The first kappa shape index (κ1) is 19.7. The SMILES string of the molecule is CCOc1ccc(C[NH+](C)[C@H](C)C(=O)Nc2cccc(F)c2)cc1OC. The van der Waals surface area contributed by atoms with E-state index in [2.05, 4.69) is 5.32 Å². The number of amides is 1. The van der Waals surface area contributed by atoms with Crippen LogP contribution in [0.15, 0.2) is 42.5 Å². The molecule has 26 heavy (non-hydrogen) atoms. The molecule has 0 fully saturated rings. The fraction of sp³-hybridized carbons (Fsp3) is 0.350. The molecule has 0 aliphatic carbocycles. The molecule has 6 heteroatoms. The van der Waals surface area contributed by atoms with Gasteiger partial charge in [0.25, 0.3) is 5.91 Å². The van der Waals surface area contributed by atoms with Crippen molar-refractivity contribution < 1.29 is 23.6 Å². The normalized spacial score (nSPS) is 13.0. The second kappa shape index (κ2) is 9.20. The molecule has 140 valence electrons. The number of ether oxygens (including phenoxy) is 2. The van der Waals surface area contributed by atoms with E-state index >= 15 is 0 Å². The average Bonchev–Trinajstić information content (AvgIpc) is 2.62. The summed E-state index contributed by atoms with van der Waals surface area (Å²) in [7, 11) is 3.55. The number of carbonyl (C=O) groups excluding carboxylic acids is 1. The molecule has 2 rings (SSSR count). The lowest BCUT2D eigenvalue weighted by molar-refractivity contribution is -0.907. The molecule has 0 aromatic heterocycles. The molecule has 0 saturated carbocycles. The van der Waals surface area contributed by atoms with Gasteiger partial charge >= 0.3 is 0 Å². The van der Waals surface area contributed by atoms with Crippen molar-refractivity contribution in [3.63, 3.8) is 0 Å². The van der Waals surface area contributed by atoms with Gasteiger partial charge in [0, 0.05) is 11.3 Å². The molecule has 5 nitrogen and oxygen atoms in total. The summed E-state index contributed by atoms with van der Waals surface area (Å²) in [4.78, 5) is 13.4. The van der Waals surface area contributed by atoms with Crippen molar-refractivity contribution in [2.24, 2.45) is 0 Å². The van der Waals surface area contributed by atoms with Gasteiger partial charge in [0.1, 0.15) is 12.4 Å². The molecule has 2 N–H and O–H groups in total. The summed E-state index contributed by atoms with van der Waals surface area (Å²) < 4.78 is 24.1. The number of hydrogen-bond donors (Lipinski definition) is 2. The molecule has 2 aromatic carbocycles. The Morgan fingerprint density at radius 1 is 1.23 bits per heavy atom. The van der Waals surface area contributed by atoms with E-state index in [9.17, 15) is 9.18 Å². The van der Waals surface area contributed by atoms with Crippen LogP contribution in [0.5, 0.6) is 11.5 Å². The molecule has 0 radical (unpaired) electrons. The maximum atomic E-state index is 13.2. The van der Waals surface area contributed by atoms with Crippen molar-refractivity contribution in [3.8, 4) is 11.5 Å². The second-order valence-electron chi connectivity index (χ2n) is 6.16. The van der Waals surface area contributed by atoms with Crippen molar-refractivity contribution in [1.82, 2.24) is 0 Å². The topological polar surface area (TPSA) is 52.0 Å². The lowest BCUT2D eigenvalue weighted by Gasteiger charge is -2.21. The summed E-state index contributed by atoms with van der Waals surface area (Å²) in [6, 6.07) is 11.3. The summed E-state index contributed by atoms with van der Waals surface area (Å²) in [6.45, 7) is 4.97. The number of methoxy groups -OCH3 is 1. The number of carbonyl (C=O) groups is 1. The van der Waals surface area contributed by atoms with Crippen LogP contribution in [0.3, 0.4) is 0 Å². The van der Waals surface area contributed by atoms with Crippen LogP contribution in [0.2, 0.25) is 0 Å². The number of quaternary nitrogens is 1. The van der Waals surface area contributed by atoms with Gasteiger partial charge in [-0.3, -0.25) is 4.79 Å². The Kier molecular flexibility index (Phi) is 6.97. The molecule has 0 aliphatic heterocycles. The summed E-state index contributed by atoms with van der Waals surface area (Å²) >= 11 is 0. The van der Waals surface area contributed by atoms with Gasteiger partial charge in [0.2, 0.25) is 0 Å². The van der Waals surface area contributed by atoms with Crippen molar-refractivity contribution >= 4 is 11.6 Å². The van der Waals surface area contributed by atoms with E-state index in [4.69, 9.17) is 9.47 Å². The Labute approximate surface area is 153 Å². The summed E-state index contributed by atoms with van der Waals surface area (Å²) in [6.07, 6.45) is 0. The molecular formula is C20H26FN2O3+. The Morgan fingerprint density at radius 3 is 2.65 bits per heavy atom. The molecule has 0 aliphatic rings. The first-order valence-corrected chi connectivity index (χ1v) is 8.63. The summed E-state index contributed by atoms with van der Waals surface area (Å²) in [5.74, 6) is 0.839. The highest BCUT2D eigenvalue weighted by Gasteiger charge is 2.22. The number of hydrogen-bond acceptors (Lipinski definition) is 3. The van der Waals surface area contributed by atoms with E-state index in [0.717, 1.165) is 10.5 Å². The van der Waals surface area contributed by atoms with E-state index in [1.54, 1.807) is 19.2 Å². The van der Waals surface area contributed by atoms with Crippen molar-refractivity contribution in [1.29, 1.82) is 0 Å². The number of halogens is 1. The van der Waals surface area contributed by atoms with E-state index in [1.165, 1.54) is 12.1 Å².